The predicted octanol–water partition coefficient (Wildman–Crippen LogP) is 3.03. The van der Waals surface area contributed by atoms with Gasteiger partial charge in [0.15, 0.2) is 5.65 Å². The van der Waals surface area contributed by atoms with Crippen molar-refractivity contribution in [2.24, 2.45) is 0 Å². The first kappa shape index (κ1) is 21.5. The molecule has 1 saturated heterocycles. The van der Waals surface area contributed by atoms with Gasteiger partial charge in [-0.05, 0) is 24.0 Å². The van der Waals surface area contributed by atoms with Crippen molar-refractivity contribution in [3.63, 3.8) is 0 Å². The van der Waals surface area contributed by atoms with E-state index in [1.165, 1.54) is 43.2 Å². The van der Waals surface area contributed by atoms with Crippen molar-refractivity contribution in [3.05, 3.63) is 53.6 Å². The van der Waals surface area contributed by atoms with Gasteiger partial charge in [0.1, 0.15) is 5.82 Å². The monoisotopic (exact) mass is 434 g/mol. The normalized spacial score (nSPS) is 19.0. The number of aliphatic hydroxyl groups is 1. The van der Waals surface area contributed by atoms with Crippen LogP contribution in [0.5, 0.6) is 0 Å². The zero-order chi connectivity index (χ0) is 21.8. The molecule has 0 unspecified atom stereocenters. The first-order chi connectivity index (χ1) is 15.8. The maximum atomic E-state index is 9.10. The standard InChI is InChI=1S/C25H34N6O/c32-15-14-29-10-12-30(13-11-29)19-21-8-6-20(7-9-21)16-24-26-17-22-18-27-31(25(22)28-24)23-4-2-1-3-5-23/h6-9,17-18,23,32H,1-5,10-16,19H2. The summed E-state index contributed by atoms with van der Waals surface area (Å²) in [6.45, 7) is 6.22. The molecule has 1 aromatic carbocycles. The van der Waals surface area contributed by atoms with E-state index >= 15 is 0 Å². The second-order valence-corrected chi connectivity index (χ2v) is 9.28. The molecule has 32 heavy (non-hydrogen) atoms. The van der Waals surface area contributed by atoms with Crippen molar-refractivity contribution < 1.29 is 5.11 Å². The van der Waals surface area contributed by atoms with Crippen LogP contribution in [0.4, 0.5) is 0 Å². The Morgan fingerprint density at radius 2 is 1.59 bits per heavy atom. The average molecular weight is 435 g/mol. The molecule has 1 N–H and O–H groups in total. The summed E-state index contributed by atoms with van der Waals surface area (Å²) < 4.78 is 2.14. The van der Waals surface area contributed by atoms with Gasteiger partial charge in [-0.25, -0.2) is 14.6 Å². The molecule has 0 radical (unpaired) electrons. The van der Waals surface area contributed by atoms with Gasteiger partial charge in [0.25, 0.3) is 0 Å². The third-order valence-corrected chi connectivity index (χ3v) is 6.98. The van der Waals surface area contributed by atoms with Crippen molar-refractivity contribution in [2.45, 2.75) is 51.1 Å². The zero-order valence-electron chi connectivity index (χ0n) is 18.9. The summed E-state index contributed by atoms with van der Waals surface area (Å²) in [7, 11) is 0. The lowest BCUT2D eigenvalue weighted by Gasteiger charge is -2.34. The van der Waals surface area contributed by atoms with Gasteiger partial charge in [0.05, 0.1) is 24.2 Å². The van der Waals surface area contributed by atoms with Gasteiger partial charge in [0, 0.05) is 51.9 Å². The lowest BCUT2D eigenvalue weighted by Crippen LogP contribution is -2.46. The van der Waals surface area contributed by atoms with Crippen molar-refractivity contribution in [1.29, 1.82) is 0 Å². The van der Waals surface area contributed by atoms with E-state index in [2.05, 4.69) is 48.8 Å². The molecule has 0 bridgehead atoms. The highest BCUT2D eigenvalue weighted by Crippen LogP contribution is 2.29. The molecule has 3 heterocycles. The lowest BCUT2D eigenvalue weighted by atomic mass is 9.96. The van der Waals surface area contributed by atoms with Gasteiger partial charge in [-0.3, -0.25) is 9.80 Å². The number of nitrogens with zero attached hydrogens (tertiary/aromatic N) is 6. The molecule has 3 aromatic rings. The number of hydrogen-bond donors (Lipinski definition) is 1. The average Bonchev–Trinajstić information content (AvgIpc) is 3.26. The van der Waals surface area contributed by atoms with Crippen LogP contribution < -0.4 is 0 Å². The topological polar surface area (TPSA) is 70.3 Å². The molecular weight excluding hydrogens is 400 g/mol. The minimum absolute atomic E-state index is 0.251. The van der Waals surface area contributed by atoms with Crippen LogP contribution in [0.3, 0.4) is 0 Å². The largest absolute Gasteiger partial charge is 0.395 e. The van der Waals surface area contributed by atoms with Crippen LogP contribution in [0.1, 0.15) is 55.1 Å². The fourth-order valence-electron chi connectivity index (χ4n) is 5.06. The number of aliphatic hydroxyl groups excluding tert-OH is 1. The van der Waals surface area contributed by atoms with Gasteiger partial charge in [-0.15, -0.1) is 0 Å². The molecule has 0 amide bonds. The number of aromatic nitrogens is 4. The van der Waals surface area contributed by atoms with E-state index in [0.717, 1.165) is 62.5 Å². The number of benzene rings is 1. The summed E-state index contributed by atoms with van der Waals surface area (Å²) in [5.41, 5.74) is 3.57. The van der Waals surface area contributed by atoms with Crippen molar-refractivity contribution >= 4 is 11.0 Å². The van der Waals surface area contributed by atoms with Crippen LogP contribution >= 0.6 is 0 Å². The van der Waals surface area contributed by atoms with E-state index in [9.17, 15) is 0 Å². The third kappa shape index (κ3) is 5.00. The van der Waals surface area contributed by atoms with E-state index in [4.69, 9.17) is 10.1 Å². The van der Waals surface area contributed by atoms with Crippen molar-refractivity contribution in [2.75, 3.05) is 39.3 Å². The minimum atomic E-state index is 0.251. The predicted molar refractivity (Wildman–Crippen MR) is 125 cm³/mol. The Balaban J connectivity index is 1.21. The maximum absolute atomic E-state index is 9.10. The first-order valence-corrected chi connectivity index (χ1v) is 12.1. The van der Waals surface area contributed by atoms with E-state index in [0.29, 0.717) is 6.04 Å². The summed E-state index contributed by atoms with van der Waals surface area (Å²) in [4.78, 5) is 14.3. The Morgan fingerprint density at radius 1 is 0.875 bits per heavy atom. The summed E-state index contributed by atoms with van der Waals surface area (Å²) in [5, 5.41) is 14.8. The van der Waals surface area contributed by atoms with Gasteiger partial charge >= 0.3 is 0 Å². The molecule has 170 valence electrons. The van der Waals surface area contributed by atoms with E-state index in [1.807, 2.05) is 12.4 Å². The molecule has 0 atom stereocenters. The summed E-state index contributed by atoms with van der Waals surface area (Å²) in [5.74, 6) is 0.864. The Bertz CT molecular complexity index is 1000. The van der Waals surface area contributed by atoms with Crippen LogP contribution in [0.15, 0.2) is 36.7 Å². The number of rotatable bonds is 7. The fourth-order valence-corrected chi connectivity index (χ4v) is 5.06. The number of hydrogen-bond acceptors (Lipinski definition) is 6. The highest BCUT2D eigenvalue weighted by molar-refractivity contribution is 5.73. The second kappa shape index (κ2) is 10.1. The van der Waals surface area contributed by atoms with E-state index in [-0.39, 0.29) is 6.61 Å². The highest BCUT2D eigenvalue weighted by Gasteiger charge is 2.19. The van der Waals surface area contributed by atoms with Crippen LogP contribution in [0, 0.1) is 0 Å². The zero-order valence-corrected chi connectivity index (χ0v) is 18.9. The summed E-state index contributed by atoms with van der Waals surface area (Å²) in [6.07, 6.45) is 10.9. The number of piperazine rings is 1. The second-order valence-electron chi connectivity index (χ2n) is 9.28. The smallest absolute Gasteiger partial charge is 0.161 e. The fraction of sp³-hybridized carbons (Fsp3) is 0.560. The Labute approximate surface area is 190 Å². The molecule has 7 heteroatoms. The van der Waals surface area contributed by atoms with Gasteiger partial charge in [-0.1, -0.05) is 43.5 Å². The lowest BCUT2D eigenvalue weighted by molar-refractivity contribution is 0.108. The quantitative estimate of drug-likeness (QED) is 0.616. The molecule has 2 aliphatic rings. The van der Waals surface area contributed by atoms with Crippen LogP contribution in [0.25, 0.3) is 11.0 Å². The van der Waals surface area contributed by atoms with E-state index < -0.39 is 0 Å². The minimum Gasteiger partial charge on any atom is -0.395 e. The molecule has 7 nitrogen and oxygen atoms in total. The maximum Gasteiger partial charge on any atom is 0.161 e. The van der Waals surface area contributed by atoms with Gasteiger partial charge in [0.2, 0.25) is 0 Å². The Kier molecular flexibility index (Phi) is 6.76. The SMILES string of the molecule is OCCN1CCN(Cc2ccc(Cc3ncc4cnn(C5CCCCC5)c4n3)cc2)CC1. The van der Waals surface area contributed by atoms with E-state index in [1.54, 1.807) is 0 Å². The Hall–Kier alpha value is -2.35. The van der Waals surface area contributed by atoms with Crippen LogP contribution in [-0.2, 0) is 13.0 Å². The van der Waals surface area contributed by atoms with Gasteiger partial charge < -0.3 is 5.11 Å². The molecule has 1 aliphatic carbocycles. The summed E-state index contributed by atoms with van der Waals surface area (Å²) >= 11 is 0. The molecule has 1 aliphatic heterocycles. The van der Waals surface area contributed by atoms with Crippen LogP contribution in [-0.4, -0.2) is 74.0 Å². The first-order valence-electron chi connectivity index (χ1n) is 12.1. The van der Waals surface area contributed by atoms with Crippen molar-refractivity contribution in [1.82, 2.24) is 29.5 Å². The summed E-state index contributed by atoms with van der Waals surface area (Å²) in [6, 6.07) is 9.38. The number of fused-ring (bicyclic) bond motifs is 1. The van der Waals surface area contributed by atoms with Gasteiger partial charge in [-0.2, -0.15) is 5.10 Å². The molecule has 2 aromatic heterocycles. The number of β-amino-alcohol motifs (C(OH)–C–C–N with tert-alkyl or cyclic N) is 1. The van der Waals surface area contributed by atoms with Crippen LogP contribution in [0.2, 0.25) is 0 Å². The third-order valence-electron chi connectivity index (χ3n) is 6.98. The molecular formula is C25H34N6O. The molecule has 2 fully saturated rings. The highest BCUT2D eigenvalue weighted by atomic mass is 16.3. The molecule has 0 spiro atoms. The van der Waals surface area contributed by atoms with Crippen molar-refractivity contribution in [3.8, 4) is 0 Å². The molecule has 5 rings (SSSR count). The Morgan fingerprint density at radius 3 is 2.34 bits per heavy atom. The molecule has 1 saturated carbocycles.